The number of halogens is 2. The maximum absolute atomic E-state index is 13.6. The molecule has 0 aromatic heterocycles. The number of carbonyl (C=O) groups excluding carboxylic acids is 2. The SMILES string of the molecule is CN1CCN(C(=O)c2ccc(C(=O)Nc3ccc(F)cc3F)cc2)CC1. The summed E-state index contributed by atoms with van der Waals surface area (Å²) in [5.41, 5.74) is 0.678. The van der Waals surface area contributed by atoms with Crippen LogP contribution in [0.2, 0.25) is 0 Å². The lowest BCUT2D eigenvalue weighted by Gasteiger charge is -2.32. The van der Waals surface area contributed by atoms with Gasteiger partial charge in [-0.3, -0.25) is 9.59 Å². The maximum Gasteiger partial charge on any atom is 0.255 e. The van der Waals surface area contributed by atoms with Gasteiger partial charge in [0.15, 0.2) is 0 Å². The Morgan fingerprint density at radius 1 is 0.923 bits per heavy atom. The summed E-state index contributed by atoms with van der Waals surface area (Å²) < 4.78 is 26.5. The Morgan fingerprint density at radius 2 is 1.54 bits per heavy atom. The highest BCUT2D eigenvalue weighted by atomic mass is 19.1. The van der Waals surface area contributed by atoms with Crippen LogP contribution in [0.1, 0.15) is 20.7 Å². The molecule has 0 bridgehead atoms. The molecule has 2 amide bonds. The minimum Gasteiger partial charge on any atom is -0.336 e. The van der Waals surface area contributed by atoms with Crippen molar-refractivity contribution >= 4 is 17.5 Å². The van der Waals surface area contributed by atoms with Crippen molar-refractivity contribution in [2.24, 2.45) is 0 Å². The van der Waals surface area contributed by atoms with Gasteiger partial charge in [-0.2, -0.15) is 0 Å². The summed E-state index contributed by atoms with van der Waals surface area (Å²) in [6.07, 6.45) is 0. The fraction of sp³-hybridized carbons (Fsp3) is 0.263. The first kappa shape index (κ1) is 18.0. The zero-order valence-electron chi connectivity index (χ0n) is 14.3. The lowest BCUT2D eigenvalue weighted by atomic mass is 10.1. The van der Waals surface area contributed by atoms with E-state index in [0.717, 1.165) is 25.2 Å². The molecule has 5 nitrogen and oxygen atoms in total. The quantitative estimate of drug-likeness (QED) is 0.917. The molecule has 7 heteroatoms. The number of nitrogens with zero attached hydrogens (tertiary/aromatic N) is 2. The molecule has 2 aromatic rings. The third-order valence-corrected chi connectivity index (χ3v) is 4.36. The molecule has 0 radical (unpaired) electrons. The van der Waals surface area contributed by atoms with Crippen molar-refractivity contribution in [3.63, 3.8) is 0 Å². The van der Waals surface area contributed by atoms with Crippen LogP contribution in [0.4, 0.5) is 14.5 Å². The van der Waals surface area contributed by atoms with Crippen LogP contribution in [0, 0.1) is 11.6 Å². The fourth-order valence-electron chi connectivity index (χ4n) is 2.74. The normalized spacial score (nSPS) is 15.0. The zero-order chi connectivity index (χ0) is 18.7. The molecule has 136 valence electrons. The van der Waals surface area contributed by atoms with Gasteiger partial charge in [0.05, 0.1) is 5.69 Å². The Hall–Kier alpha value is -2.80. The van der Waals surface area contributed by atoms with E-state index in [-0.39, 0.29) is 17.2 Å². The molecular weight excluding hydrogens is 340 g/mol. The number of nitrogens with one attached hydrogen (secondary N) is 1. The van der Waals surface area contributed by atoms with Crippen LogP contribution in [0.15, 0.2) is 42.5 Å². The van der Waals surface area contributed by atoms with Gasteiger partial charge in [0.1, 0.15) is 11.6 Å². The van der Waals surface area contributed by atoms with Crippen LogP contribution in [-0.4, -0.2) is 54.8 Å². The van der Waals surface area contributed by atoms with Gasteiger partial charge < -0.3 is 15.1 Å². The predicted molar refractivity (Wildman–Crippen MR) is 94.2 cm³/mol. The van der Waals surface area contributed by atoms with Gasteiger partial charge in [-0.25, -0.2) is 8.78 Å². The molecular formula is C19H19F2N3O2. The lowest BCUT2D eigenvalue weighted by Crippen LogP contribution is -2.47. The Morgan fingerprint density at radius 3 is 2.15 bits per heavy atom. The number of likely N-dealkylation sites (N-methyl/N-ethyl adjacent to an activating group) is 1. The van der Waals surface area contributed by atoms with E-state index in [4.69, 9.17) is 0 Å². The van der Waals surface area contributed by atoms with Crippen molar-refractivity contribution in [2.75, 3.05) is 38.5 Å². The second-order valence-corrected chi connectivity index (χ2v) is 6.25. The molecule has 0 unspecified atom stereocenters. The highest BCUT2D eigenvalue weighted by Gasteiger charge is 2.20. The van der Waals surface area contributed by atoms with Crippen LogP contribution in [0.5, 0.6) is 0 Å². The van der Waals surface area contributed by atoms with Crippen LogP contribution in [0.3, 0.4) is 0 Å². The Kier molecular flexibility index (Phi) is 5.27. The molecule has 1 aliphatic rings. The van der Waals surface area contributed by atoms with Gasteiger partial charge in [0.25, 0.3) is 11.8 Å². The largest absolute Gasteiger partial charge is 0.336 e. The Labute approximate surface area is 150 Å². The van der Waals surface area contributed by atoms with E-state index in [2.05, 4.69) is 10.2 Å². The summed E-state index contributed by atoms with van der Waals surface area (Å²) in [6, 6.07) is 9.12. The molecule has 0 spiro atoms. The number of hydrogen-bond donors (Lipinski definition) is 1. The topological polar surface area (TPSA) is 52.7 Å². The first-order valence-electron chi connectivity index (χ1n) is 8.28. The molecule has 1 saturated heterocycles. The van der Waals surface area contributed by atoms with Crippen molar-refractivity contribution in [1.29, 1.82) is 0 Å². The van der Waals surface area contributed by atoms with E-state index in [1.54, 1.807) is 17.0 Å². The van der Waals surface area contributed by atoms with E-state index in [9.17, 15) is 18.4 Å². The molecule has 1 heterocycles. The molecule has 0 saturated carbocycles. The summed E-state index contributed by atoms with van der Waals surface area (Å²) in [7, 11) is 2.01. The first-order chi connectivity index (χ1) is 12.4. The van der Waals surface area contributed by atoms with Gasteiger partial charge >= 0.3 is 0 Å². The first-order valence-corrected chi connectivity index (χ1v) is 8.28. The Bertz CT molecular complexity index is 816. The highest BCUT2D eigenvalue weighted by molar-refractivity contribution is 6.05. The molecule has 1 fully saturated rings. The van der Waals surface area contributed by atoms with E-state index in [1.165, 1.54) is 12.1 Å². The van der Waals surface area contributed by atoms with Crippen LogP contribution in [0.25, 0.3) is 0 Å². The van der Waals surface area contributed by atoms with Crippen LogP contribution in [-0.2, 0) is 0 Å². The lowest BCUT2D eigenvalue weighted by molar-refractivity contribution is 0.0664. The van der Waals surface area contributed by atoms with Crippen molar-refractivity contribution in [1.82, 2.24) is 9.80 Å². The van der Waals surface area contributed by atoms with Crippen molar-refractivity contribution in [3.8, 4) is 0 Å². The second-order valence-electron chi connectivity index (χ2n) is 6.25. The fourth-order valence-corrected chi connectivity index (χ4v) is 2.74. The van der Waals surface area contributed by atoms with Crippen molar-refractivity contribution in [3.05, 3.63) is 65.2 Å². The number of rotatable bonds is 3. The smallest absolute Gasteiger partial charge is 0.255 e. The number of piperazine rings is 1. The summed E-state index contributed by atoms with van der Waals surface area (Å²) in [5.74, 6) is -2.17. The summed E-state index contributed by atoms with van der Waals surface area (Å²) in [4.78, 5) is 28.6. The number of anilines is 1. The summed E-state index contributed by atoms with van der Waals surface area (Å²) in [5, 5.41) is 2.39. The predicted octanol–water partition coefficient (Wildman–Crippen LogP) is 2.60. The molecule has 26 heavy (non-hydrogen) atoms. The third kappa shape index (κ3) is 4.05. The van der Waals surface area contributed by atoms with Crippen LogP contribution >= 0.6 is 0 Å². The van der Waals surface area contributed by atoms with Gasteiger partial charge in [0, 0.05) is 43.4 Å². The summed E-state index contributed by atoms with van der Waals surface area (Å²) in [6.45, 7) is 2.99. The van der Waals surface area contributed by atoms with Gasteiger partial charge in [-0.05, 0) is 43.4 Å². The standard InChI is InChI=1S/C19H19F2N3O2/c1-23-8-10-24(11-9-23)19(26)14-4-2-13(3-5-14)18(25)22-17-7-6-15(20)12-16(17)21/h2-7,12H,8-11H2,1H3,(H,22,25). The highest BCUT2D eigenvalue weighted by Crippen LogP contribution is 2.17. The average molecular weight is 359 g/mol. The third-order valence-electron chi connectivity index (χ3n) is 4.36. The van der Waals surface area contributed by atoms with Gasteiger partial charge in [-0.15, -0.1) is 0 Å². The van der Waals surface area contributed by atoms with Crippen LogP contribution < -0.4 is 5.32 Å². The minimum atomic E-state index is -0.847. The minimum absolute atomic E-state index is 0.0744. The number of benzene rings is 2. The van der Waals surface area contributed by atoms with E-state index in [1.807, 2.05) is 7.05 Å². The van der Waals surface area contributed by atoms with Crippen molar-refractivity contribution < 1.29 is 18.4 Å². The molecule has 1 N–H and O–H groups in total. The maximum atomic E-state index is 13.6. The molecule has 1 aliphatic heterocycles. The average Bonchev–Trinajstić information content (AvgIpc) is 2.64. The van der Waals surface area contributed by atoms with E-state index < -0.39 is 17.5 Å². The molecule has 3 rings (SSSR count). The Balaban J connectivity index is 1.67. The zero-order valence-corrected chi connectivity index (χ0v) is 14.3. The second kappa shape index (κ2) is 7.61. The molecule has 2 aromatic carbocycles. The number of carbonyl (C=O) groups is 2. The molecule has 0 atom stereocenters. The van der Waals surface area contributed by atoms with E-state index >= 15 is 0 Å². The van der Waals surface area contributed by atoms with E-state index in [0.29, 0.717) is 24.7 Å². The number of amides is 2. The van der Waals surface area contributed by atoms with Gasteiger partial charge in [-0.1, -0.05) is 0 Å². The monoisotopic (exact) mass is 359 g/mol. The number of hydrogen-bond acceptors (Lipinski definition) is 3. The van der Waals surface area contributed by atoms with Gasteiger partial charge in [0.2, 0.25) is 0 Å². The molecule has 0 aliphatic carbocycles. The summed E-state index contributed by atoms with van der Waals surface area (Å²) >= 11 is 0. The van der Waals surface area contributed by atoms with Crippen molar-refractivity contribution in [2.45, 2.75) is 0 Å².